The molecule has 3 aliphatic rings. The minimum absolute atomic E-state index is 0.215. The maximum absolute atomic E-state index is 5.77. The lowest BCUT2D eigenvalue weighted by atomic mass is 9.56. The molecule has 4 rings (SSSR count). The van der Waals surface area contributed by atoms with Crippen molar-refractivity contribution in [3.63, 3.8) is 0 Å². The van der Waals surface area contributed by atoms with Gasteiger partial charge in [0.2, 0.25) is 0 Å². The molecule has 1 aromatic rings. The zero-order valence-electron chi connectivity index (χ0n) is 11.1. The van der Waals surface area contributed by atoms with E-state index in [9.17, 15) is 0 Å². The summed E-state index contributed by atoms with van der Waals surface area (Å²) in [5.41, 5.74) is 3.51. The molecular formula is C16H22OS. The second-order valence-electron chi connectivity index (χ2n) is 6.02. The molecule has 2 bridgehead atoms. The van der Waals surface area contributed by atoms with Crippen LogP contribution < -0.4 is 0 Å². The lowest BCUT2D eigenvalue weighted by molar-refractivity contribution is -0.0955. The number of hydrogen-bond donors (Lipinski definition) is 1. The van der Waals surface area contributed by atoms with Crippen LogP contribution in [0.4, 0.5) is 0 Å². The highest BCUT2D eigenvalue weighted by molar-refractivity contribution is 7.79. The van der Waals surface area contributed by atoms with Crippen molar-refractivity contribution in [1.29, 1.82) is 0 Å². The first-order valence-electron chi connectivity index (χ1n) is 6.97. The number of rotatable bonds is 3. The highest BCUT2D eigenvalue weighted by Crippen LogP contribution is 2.54. The Bertz CT molecular complexity index is 399. The van der Waals surface area contributed by atoms with Crippen molar-refractivity contribution >= 4 is 12.6 Å². The van der Waals surface area contributed by atoms with Crippen LogP contribution in [0.5, 0.6) is 0 Å². The van der Waals surface area contributed by atoms with Crippen LogP contribution in [0.25, 0.3) is 0 Å². The van der Waals surface area contributed by atoms with Crippen LogP contribution in [0, 0.1) is 0 Å². The summed E-state index contributed by atoms with van der Waals surface area (Å²) in [6.07, 6.45) is 7.58. The maximum atomic E-state index is 5.77. The molecule has 0 spiro atoms. The number of methoxy groups -OCH3 is 1. The molecule has 0 saturated heterocycles. The van der Waals surface area contributed by atoms with Crippen molar-refractivity contribution in [2.24, 2.45) is 0 Å². The summed E-state index contributed by atoms with van der Waals surface area (Å²) in [5.74, 6) is 0.833. The molecule has 0 heterocycles. The van der Waals surface area contributed by atoms with Gasteiger partial charge in [0, 0.05) is 12.9 Å². The normalized spacial score (nSPS) is 34.8. The number of thiol groups is 1. The average molecular weight is 262 g/mol. The van der Waals surface area contributed by atoms with Crippen LogP contribution in [0.1, 0.15) is 49.7 Å². The molecule has 3 fully saturated rings. The van der Waals surface area contributed by atoms with E-state index in [1.807, 2.05) is 7.11 Å². The van der Waals surface area contributed by atoms with Gasteiger partial charge < -0.3 is 4.74 Å². The molecule has 0 aliphatic heterocycles. The Balaban J connectivity index is 1.84. The maximum Gasteiger partial charge on any atom is 0.0679 e. The summed E-state index contributed by atoms with van der Waals surface area (Å²) in [5, 5.41) is 0. The van der Waals surface area contributed by atoms with Crippen LogP contribution in [0.15, 0.2) is 24.3 Å². The first-order valence-corrected chi connectivity index (χ1v) is 7.61. The van der Waals surface area contributed by atoms with Gasteiger partial charge in [-0.15, -0.1) is 0 Å². The quantitative estimate of drug-likeness (QED) is 0.807. The summed E-state index contributed by atoms with van der Waals surface area (Å²) in [7, 11) is 1.89. The highest BCUT2D eigenvalue weighted by atomic mass is 32.1. The van der Waals surface area contributed by atoms with Crippen LogP contribution in [0.2, 0.25) is 0 Å². The van der Waals surface area contributed by atoms with E-state index in [2.05, 4.69) is 36.9 Å². The van der Waals surface area contributed by atoms with Crippen LogP contribution in [0.3, 0.4) is 0 Å². The lowest BCUT2D eigenvalue weighted by Gasteiger charge is -2.53. The SMILES string of the molecule is COC12CCC(c3ccc(CS)cc3)(CC1)CC2. The molecule has 18 heavy (non-hydrogen) atoms. The minimum Gasteiger partial charge on any atom is -0.378 e. The van der Waals surface area contributed by atoms with Crippen LogP contribution >= 0.6 is 12.6 Å². The predicted molar refractivity (Wildman–Crippen MR) is 78.3 cm³/mol. The van der Waals surface area contributed by atoms with Gasteiger partial charge in [0.05, 0.1) is 5.60 Å². The Kier molecular flexibility index (Phi) is 3.19. The van der Waals surface area contributed by atoms with E-state index >= 15 is 0 Å². The first-order chi connectivity index (χ1) is 8.72. The zero-order chi connectivity index (χ0) is 12.6. The van der Waals surface area contributed by atoms with Gasteiger partial charge in [-0.05, 0) is 55.1 Å². The predicted octanol–water partition coefficient (Wildman–Crippen LogP) is 4.11. The van der Waals surface area contributed by atoms with E-state index in [0.29, 0.717) is 5.41 Å². The molecule has 0 aromatic heterocycles. The van der Waals surface area contributed by atoms with Crippen molar-refractivity contribution in [1.82, 2.24) is 0 Å². The summed E-state index contributed by atoms with van der Waals surface area (Å²) in [6, 6.07) is 9.14. The second kappa shape index (κ2) is 4.57. The fraction of sp³-hybridized carbons (Fsp3) is 0.625. The molecule has 3 saturated carbocycles. The fourth-order valence-corrected chi connectivity index (χ4v) is 4.06. The van der Waals surface area contributed by atoms with Gasteiger partial charge in [-0.25, -0.2) is 0 Å². The van der Waals surface area contributed by atoms with E-state index < -0.39 is 0 Å². The number of hydrogen-bond acceptors (Lipinski definition) is 2. The molecule has 0 N–H and O–H groups in total. The van der Waals surface area contributed by atoms with Crippen molar-refractivity contribution in [2.75, 3.05) is 7.11 Å². The van der Waals surface area contributed by atoms with E-state index in [1.54, 1.807) is 0 Å². The summed E-state index contributed by atoms with van der Waals surface area (Å²) < 4.78 is 5.77. The number of fused-ring (bicyclic) bond motifs is 3. The van der Waals surface area contributed by atoms with Gasteiger partial charge in [-0.1, -0.05) is 24.3 Å². The van der Waals surface area contributed by atoms with Gasteiger partial charge in [0.15, 0.2) is 0 Å². The van der Waals surface area contributed by atoms with Crippen LogP contribution in [-0.4, -0.2) is 12.7 Å². The van der Waals surface area contributed by atoms with Crippen molar-refractivity contribution in [2.45, 2.75) is 55.3 Å². The minimum atomic E-state index is 0.215. The van der Waals surface area contributed by atoms with Crippen molar-refractivity contribution < 1.29 is 4.74 Å². The Hall–Kier alpha value is -0.470. The molecule has 1 nitrogen and oxygen atoms in total. The fourth-order valence-electron chi connectivity index (χ4n) is 3.85. The van der Waals surface area contributed by atoms with Crippen LogP contribution in [-0.2, 0) is 15.9 Å². The Morgan fingerprint density at radius 3 is 2.00 bits per heavy atom. The Morgan fingerprint density at radius 1 is 1.00 bits per heavy atom. The molecule has 0 amide bonds. The van der Waals surface area contributed by atoms with E-state index in [-0.39, 0.29) is 5.60 Å². The standard InChI is InChI=1S/C16H22OS/c1-17-16-9-6-15(7-10-16,8-11-16)14-4-2-13(12-18)3-5-14/h2-5,18H,6-12H2,1H3. The Morgan fingerprint density at radius 2 is 1.56 bits per heavy atom. The monoisotopic (exact) mass is 262 g/mol. The molecule has 3 aliphatic carbocycles. The van der Waals surface area contributed by atoms with Gasteiger partial charge in [-0.3, -0.25) is 0 Å². The van der Waals surface area contributed by atoms with E-state index in [0.717, 1.165) is 5.75 Å². The molecule has 0 unspecified atom stereocenters. The topological polar surface area (TPSA) is 9.23 Å². The molecule has 0 atom stereocenters. The van der Waals surface area contributed by atoms with Gasteiger partial charge in [0.1, 0.15) is 0 Å². The Labute approximate surface area is 115 Å². The average Bonchev–Trinajstić information content (AvgIpc) is 2.49. The third-order valence-corrected chi connectivity index (χ3v) is 5.72. The summed E-state index contributed by atoms with van der Waals surface area (Å²) >= 11 is 4.33. The van der Waals surface area contributed by atoms with E-state index in [4.69, 9.17) is 4.74 Å². The lowest BCUT2D eigenvalue weighted by Crippen LogP contribution is -2.49. The zero-order valence-corrected chi connectivity index (χ0v) is 12.0. The van der Waals surface area contributed by atoms with Gasteiger partial charge in [-0.2, -0.15) is 12.6 Å². The molecule has 1 aromatic carbocycles. The van der Waals surface area contributed by atoms with E-state index in [1.165, 1.54) is 49.7 Å². The van der Waals surface area contributed by atoms with Crippen molar-refractivity contribution in [3.05, 3.63) is 35.4 Å². The molecule has 2 heteroatoms. The number of ether oxygens (including phenoxy) is 1. The summed E-state index contributed by atoms with van der Waals surface area (Å²) in [6.45, 7) is 0. The molecular weight excluding hydrogens is 240 g/mol. The molecule has 0 radical (unpaired) electrons. The highest BCUT2D eigenvalue weighted by Gasteiger charge is 2.49. The number of benzene rings is 1. The summed E-state index contributed by atoms with van der Waals surface area (Å²) in [4.78, 5) is 0. The third kappa shape index (κ3) is 1.90. The third-order valence-electron chi connectivity index (χ3n) is 5.36. The van der Waals surface area contributed by atoms with Gasteiger partial charge >= 0.3 is 0 Å². The van der Waals surface area contributed by atoms with Crippen molar-refractivity contribution in [3.8, 4) is 0 Å². The largest absolute Gasteiger partial charge is 0.378 e. The van der Waals surface area contributed by atoms with Gasteiger partial charge in [0.25, 0.3) is 0 Å². The molecule has 98 valence electrons. The second-order valence-corrected chi connectivity index (χ2v) is 6.34. The smallest absolute Gasteiger partial charge is 0.0679 e. The first kappa shape index (κ1) is 12.6.